The number of rotatable bonds is 9. The summed E-state index contributed by atoms with van der Waals surface area (Å²) < 4.78 is 6.18. The molecule has 1 aromatic carbocycles. The van der Waals surface area contributed by atoms with Crippen LogP contribution < -0.4 is 15.4 Å². The van der Waals surface area contributed by atoms with E-state index >= 15 is 0 Å². The smallest absolute Gasteiger partial charge is 0.257 e. The molecular formula is C17H25BrN2O2S. The standard InChI is InChI=1S/C17H25BrN2O2S/c1-3-5-6-7-8-11-19-17(23)20-16(21)13-9-10-15(22-4-2)14(18)12-13/h9-10,12H,3-8,11H2,1-2H3,(H2,19,20,21,23). The van der Waals surface area contributed by atoms with Crippen molar-refractivity contribution >= 4 is 39.2 Å². The van der Waals surface area contributed by atoms with Crippen LogP contribution in [0.5, 0.6) is 5.75 Å². The van der Waals surface area contributed by atoms with Crippen molar-refractivity contribution in [3.05, 3.63) is 28.2 Å². The predicted molar refractivity (Wildman–Crippen MR) is 102 cm³/mol. The summed E-state index contributed by atoms with van der Waals surface area (Å²) in [6.07, 6.45) is 6.00. The van der Waals surface area contributed by atoms with Crippen LogP contribution in [0.4, 0.5) is 0 Å². The van der Waals surface area contributed by atoms with Crippen LogP contribution in [0.25, 0.3) is 0 Å². The first-order chi connectivity index (χ1) is 11.1. The molecule has 1 aromatic rings. The number of thiocarbonyl (C=S) groups is 1. The van der Waals surface area contributed by atoms with Gasteiger partial charge in [0.15, 0.2) is 5.11 Å². The van der Waals surface area contributed by atoms with E-state index in [1.165, 1.54) is 25.7 Å². The molecule has 0 aliphatic carbocycles. The van der Waals surface area contributed by atoms with Gasteiger partial charge in [0.25, 0.3) is 5.91 Å². The van der Waals surface area contributed by atoms with Gasteiger partial charge in [-0.05, 0) is 59.7 Å². The Morgan fingerprint density at radius 3 is 2.61 bits per heavy atom. The van der Waals surface area contributed by atoms with Crippen LogP contribution in [0.15, 0.2) is 22.7 Å². The Morgan fingerprint density at radius 1 is 1.22 bits per heavy atom. The number of halogens is 1. The number of ether oxygens (including phenoxy) is 1. The minimum Gasteiger partial charge on any atom is -0.493 e. The summed E-state index contributed by atoms with van der Waals surface area (Å²) in [5, 5.41) is 6.14. The van der Waals surface area contributed by atoms with Crippen molar-refractivity contribution in [1.29, 1.82) is 0 Å². The number of unbranched alkanes of at least 4 members (excludes halogenated alkanes) is 4. The minimum absolute atomic E-state index is 0.225. The Morgan fingerprint density at radius 2 is 1.96 bits per heavy atom. The first-order valence-electron chi connectivity index (χ1n) is 8.10. The number of nitrogens with one attached hydrogen (secondary N) is 2. The number of hydrogen-bond acceptors (Lipinski definition) is 3. The molecule has 0 atom stereocenters. The summed E-state index contributed by atoms with van der Waals surface area (Å²) in [6, 6.07) is 5.22. The van der Waals surface area contributed by atoms with Crippen LogP contribution >= 0.6 is 28.1 Å². The SMILES string of the molecule is CCCCCCCNC(=S)NC(=O)c1ccc(OCC)c(Br)c1. The maximum atomic E-state index is 12.2. The second kappa shape index (κ2) is 11.4. The molecule has 1 rings (SSSR count). The Hall–Kier alpha value is -1.14. The molecule has 0 aliphatic heterocycles. The van der Waals surface area contributed by atoms with Gasteiger partial charge >= 0.3 is 0 Å². The molecule has 0 saturated carbocycles. The van der Waals surface area contributed by atoms with Crippen molar-refractivity contribution in [3.8, 4) is 5.75 Å². The fourth-order valence-electron chi connectivity index (χ4n) is 2.06. The molecule has 2 N–H and O–H groups in total. The zero-order valence-corrected chi connectivity index (χ0v) is 16.2. The molecule has 6 heteroatoms. The highest BCUT2D eigenvalue weighted by molar-refractivity contribution is 9.10. The quantitative estimate of drug-likeness (QED) is 0.475. The highest BCUT2D eigenvalue weighted by Crippen LogP contribution is 2.25. The molecule has 0 heterocycles. The fourth-order valence-corrected chi connectivity index (χ4v) is 2.75. The monoisotopic (exact) mass is 400 g/mol. The molecule has 128 valence electrons. The van der Waals surface area contributed by atoms with Crippen molar-refractivity contribution in [2.45, 2.75) is 46.0 Å². The first-order valence-corrected chi connectivity index (χ1v) is 9.30. The van der Waals surface area contributed by atoms with E-state index in [1.54, 1.807) is 18.2 Å². The van der Waals surface area contributed by atoms with Crippen LogP contribution in [0.3, 0.4) is 0 Å². The van der Waals surface area contributed by atoms with Gasteiger partial charge in [0.2, 0.25) is 0 Å². The molecule has 1 amide bonds. The van der Waals surface area contributed by atoms with Gasteiger partial charge in [0.1, 0.15) is 5.75 Å². The molecule has 0 aromatic heterocycles. The van der Waals surface area contributed by atoms with Gasteiger partial charge in [0.05, 0.1) is 11.1 Å². The van der Waals surface area contributed by atoms with E-state index in [0.717, 1.165) is 23.2 Å². The number of amides is 1. The number of carbonyl (C=O) groups excluding carboxylic acids is 1. The first kappa shape index (κ1) is 19.9. The van der Waals surface area contributed by atoms with Gasteiger partial charge in [-0.25, -0.2) is 0 Å². The van der Waals surface area contributed by atoms with Crippen LogP contribution in [0.2, 0.25) is 0 Å². The molecular weight excluding hydrogens is 376 g/mol. The lowest BCUT2D eigenvalue weighted by Crippen LogP contribution is -2.39. The molecule has 0 aliphatic rings. The molecule has 4 nitrogen and oxygen atoms in total. The van der Waals surface area contributed by atoms with Crippen LogP contribution in [-0.4, -0.2) is 24.2 Å². The summed E-state index contributed by atoms with van der Waals surface area (Å²) in [7, 11) is 0. The third-order valence-corrected chi connectivity index (χ3v) is 4.15. The van der Waals surface area contributed by atoms with Gasteiger partial charge in [-0.1, -0.05) is 32.6 Å². The lowest BCUT2D eigenvalue weighted by Gasteiger charge is -2.11. The van der Waals surface area contributed by atoms with E-state index in [-0.39, 0.29) is 5.91 Å². The van der Waals surface area contributed by atoms with Gasteiger partial charge in [-0.2, -0.15) is 0 Å². The third kappa shape index (κ3) is 7.79. The number of benzene rings is 1. The normalized spacial score (nSPS) is 10.2. The second-order valence-electron chi connectivity index (χ2n) is 5.20. The van der Waals surface area contributed by atoms with Crippen molar-refractivity contribution < 1.29 is 9.53 Å². The van der Waals surface area contributed by atoms with Crippen molar-refractivity contribution in [2.24, 2.45) is 0 Å². The molecule has 0 unspecified atom stereocenters. The predicted octanol–water partition coefficient (Wildman–Crippen LogP) is 4.42. The van der Waals surface area contributed by atoms with Crippen LogP contribution in [0.1, 0.15) is 56.3 Å². The van der Waals surface area contributed by atoms with E-state index in [0.29, 0.717) is 17.3 Å². The Kier molecular flexibility index (Phi) is 9.87. The van der Waals surface area contributed by atoms with Crippen molar-refractivity contribution in [3.63, 3.8) is 0 Å². The van der Waals surface area contributed by atoms with E-state index in [1.807, 2.05) is 6.92 Å². The molecule has 0 radical (unpaired) electrons. The zero-order valence-electron chi connectivity index (χ0n) is 13.8. The Bertz CT molecular complexity index is 523. The Labute approximate surface area is 152 Å². The van der Waals surface area contributed by atoms with Crippen molar-refractivity contribution in [2.75, 3.05) is 13.2 Å². The van der Waals surface area contributed by atoms with E-state index in [4.69, 9.17) is 17.0 Å². The number of carbonyl (C=O) groups is 1. The van der Waals surface area contributed by atoms with E-state index < -0.39 is 0 Å². The lowest BCUT2D eigenvalue weighted by atomic mass is 10.1. The summed E-state index contributed by atoms with van der Waals surface area (Å²) in [5.41, 5.74) is 0.535. The van der Waals surface area contributed by atoms with Gasteiger partial charge in [-0.15, -0.1) is 0 Å². The van der Waals surface area contributed by atoms with Gasteiger partial charge in [-0.3, -0.25) is 10.1 Å². The molecule has 0 bridgehead atoms. The van der Waals surface area contributed by atoms with E-state index in [2.05, 4.69) is 33.5 Å². The lowest BCUT2D eigenvalue weighted by molar-refractivity contribution is 0.0976. The molecule has 0 spiro atoms. The number of hydrogen-bond donors (Lipinski definition) is 2. The van der Waals surface area contributed by atoms with Gasteiger partial charge in [0, 0.05) is 12.1 Å². The largest absolute Gasteiger partial charge is 0.493 e. The maximum Gasteiger partial charge on any atom is 0.257 e. The average molecular weight is 401 g/mol. The van der Waals surface area contributed by atoms with E-state index in [9.17, 15) is 4.79 Å². The van der Waals surface area contributed by atoms with Crippen molar-refractivity contribution in [1.82, 2.24) is 10.6 Å². The molecule has 0 fully saturated rings. The topological polar surface area (TPSA) is 50.4 Å². The van der Waals surface area contributed by atoms with Gasteiger partial charge < -0.3 is 10.1 Å². The zero-order chi connectivity index (χ0) is 17.1. The minimum atomic E-state index is -0.225. The summed E-state index contributed by atoms with van der Waals surface area (Å²) >= 11 is 8.55. The maximum absolute atomic E-state index is 12.2. The summed E-state index contributed by atoms with van der Waals surface area (Å²) in [6.45, 7) is 5.48. The third-order valence-electron chi connectivity index (χ3n) is 3.29. The highest BCUT2D eigenvalue weighted by Gasteiger charge is 2.10. The van der Waals surface area contributed by atoms with Crippen LogP contribution in [0, 0.1) is 0 Å². The summed E-state index contributed by atoms with van der Waals surface area (Å²) in [4.78, 5) is 12.2. The molecule has 0 saturated heterocycles. The molecule has 23 heavy (non-hydrogen) atoms. The Balaban J connectivity index is 2.37. The highest BCUT2D eigenvalue weighted by atomic mass is 79.9. The van der Waals surface area contributed by atoms with Crippen LogP contribution in [-0.2, 0) is 0 Å². The fraction of sp³-hybridized carbons (Fsp3) is 0.529. The average Bonchev–Trinajstić information content (AvgIpc) is 2.52. The summed E-state index contributed by atoms with van der Waals surface area (Å²) in [5.74, 6) is 0.495. The second-order valence-corrected chi connectivity index (χ2v) is 6.47.